The van der Waals surface area contributed by atoms with Crippen molar-refractivity contribution in [3.05, 3.63) is 64.8 Å². The molecule has 0 fully saturated rings. The molecule has 2 aromatic heterocycles. The van der Waals surface area contributed by atoms with E-state index in [1.165, 1.54) is 0 Å². The lowest BCUT2D eigenvalue weighted by Crippen LogP contribution is -2.03. The van der Waals surface area contributed by atoms with Gasteiger partial charge in [0.1, 0.15) is 17.5 Å². The average Bonchev–Trinajstić information content (AvgIpc) is 2.58. The summed E-state index contributed by atoms with van der Waals surface area (Å²) in [5.41, 5.74) is 10.2. The number of rotatable bonds is 2. The first-order valence-corrected chi connectivity index (χ1v) is 7.37. The molecule has 0 aliphatic carbocycles. The van der Waals surface area contributed by atoms with Gasteiger partial charge in [0.2, 0.25) is 0 Å². The SMILES string of the molecule is Cc1c(-c2ccc(Cl)cc2)nc(N)c(C#N)c1-c1ccccn1. The number of pyridine rings is 2. The van der Waals surface area contributed by atoms with E-state index in [9.17, 15) is 5.26 Å². The van der Waals surface area contributed by atoms with E-state index in [2.05, 4.69) is 16.0 Å². The summed E-state index contributed by atoms with van der Waals surface area (Å²) in [5, 5.41) is 10.1. The Morgan fingerprint density at radius 2 is 1.87 bits per heavy atom. The highest BCUT2D eigenvalue weighted by Gasteiger charge is 2.18. The van der Waals surface area contributed by atoms with Crippen molar-refractivity contribution in [1.82, 2.24) is 9.97 Å². The molecule has 0 amide bonds. The van der Waals surface area contributed by atoms with E-state index in [0.29, 0.717) is 21.8 Å². The Kier molecular flexibility index (Phi) is 3.96. The van der Waals surface area contributed by atoms with Gasteiger partial charge in [0.05, 0.1) is 11.4 Å². The zero-order valence-electron chi connectivity index (χ0n) is 12.4. The first-order chi connectivity index (χ1) is 11.1. The van der Waals surface area contributed by atoms with E-state index < -0.39 is 0 Å². The molecule has 0 radical (unpaired) electrons. The molecular formula is C18H13ClN4. The monoisotopic (exact) mass is 320 g/mol. The van der Waals surface area contributed by atoms with Crippen LogP contribution >= 0.6 is 11.6 Å². The minimum absolute atomic E-state index is 0.198. The fraction of sp³-hybridized carbons (Fsp3) is 0.0556. The molecule has 0 saturated heterocycles. The van der Waals surface area contributed by atoms with Crippen molar-refractivity contribution < 1.29 is 0 Å². The van der Waals surface area contributed by atoms with E-state index in [1.54, 1.807) is 18.3 Å². The molecule has 3 rings (SSSR count). The minimum atomic E-state index is 0.198. The third-order valence-electron chi connectivity index (χ3n) is 3.62. The maximum Gasteiger partial charge on any atom is 0.142 e. The summed E-state index contributed by atoms with van der Waals surface area (Å²) < 4.78 is 0. The van der Waals surface area contributed by atoms with Gasteiger partial charge in [-0.3, -0.25) is 4.98 Å². The van der Waals surface area contributed by atoms with Gasteiger partial charge in [-0.15, -0.1) is 0 Å². The molecule has 0 aliphatic rings. The van der Waals surface area contributed by atoms with Crippen molar-refractivity contribution in [2.24, 2.45) is 0 Å². The highest BCUT2D eigenvalue weighted by atomic mass is 35.5. The molecule has 2 N–H and O–H groups in total. The molecule has 0 atom stereocenters. The third kappa shape index (κ3) is 2.75. The fourth-order valence-electron chi connectivity index (χ4n) is 2.53. The number of benzene rings is 1. The molecular weight excluding hydrogens is 308 g/mol. The molecule has 23 heavy (non-hydrogen) atoms. The van der Waals surface area contributed by atoms with Crippen LogP contribution in [0.4, 0.5) is 5.82 Å². The number of nitrogens with two attached hydrogens (primary N) is 1. The Balaban J connectivity index is 2.31. The van der Waals surface area contributed by atoms with E-state index in [1.807, 2.05) is 37.3 Å². The Labute approximate surface area is 139 Å². The number of anilines is 1. The van der Waals surface area contributed by atoms with Gasteiger partial charge >= 0.3 is 0 Å². The van der Waals surface area contributed by atoms with E-state index in [0.717, 1.165) is 16.8 Å². The molecule has 4 nitrogen and oxygen atoms in total. The second-order valence-electron chi connectivity index (χ2n) is 5.05. The number of hydrogen-bond donors (Lipinski definition) is 1. The second-order valence-corrected chi connectivity index (χ2v) is 5.49. The van der Waals surface area contributed by atoms with Crippen molar-refractivity contribution in [3.8, 4) is 28.6 Å². The minimum Gasteiger partial charge on any atom is -0.383 e. The van der Waals surface area contributed by atoms with Crippen molar-refractivity contribution in [2.75, 3.05) is 5.73 Å². The lowest BCUT2D eigenvalue weighted by molar-refractivity contribution is 1.23. The smallest absolute Gasteiger partial charge is 0.142 e. The molecule has 0 bridgehead atoms. The van der Waals surface area contributed by atoms with Crippen LogP contribution in [0.2, 0.25) is 5.02 Å². The molecule has 0 unspecified atom stereocenters. The van der Waals surface area contributed by atoms with E-state index in [-0.39, 0.29) is 5.82 Å². The maximum atomic E-state index is 9.47. The number of halogens is 1. The molecule has 0 saturated carbocycles. The van der Waals surface area contributed by atoms with Crippen molar-refractivity contribution in [2.45, 2.75) is 6.92 Å². The highest BCUT2D eigenvalue weighted by molar-refractivity contribution is 6.30. The Morgan fingerprint density at radius 1 is 1.13 bits per heavy atom. The number of nitriles is 1. The molecule has 1 aromatic carbocycles. The fourth-order valence-corrected chi connectivity index (χ4v) is 2.65. The van der Waals surface area contributed by atoms with Crippen molar-refractivity contribution >= 4 is 17.4 Å². The van der Waals surface area contributed by atoms with Crippen LogP contribution < -0.4 is 5.73 Å². The van der Waals surface area contributed by atoms with Crippen molar-refractivity contribution in [3.63, 3.8) is 0 Å². The quantitative estimate of drug-likeness (QED) is 0.766. The molecule has 5 heteroatoms. The predicted molar refractivity (Wildman–Crippen MR) is 91.8 cm³/mol. The molecule has 3 aromatic rings. The van der Waals surface area contributed by atoms with Crippen LogP contribution in [0.1, 0.15) is 11.1 Å². The van der Waals surface area contributed by atoms with Gasteiger partial charge in [-0.25, -0.2) is 4.98 Å². The molecule has 2 heterocycles. The Hall–Kier alpha value is -2.90. The van der Waals surface area contributed by atoms with Crippen LogP contribution in [-0.2, 0) is 0 Å². The summed E-state index contributed by atoms with van der Waals surface area (Å²) in [6.45, 7) is 1.92. The standard InChI is InChI=1S/C18H13ClN4/c1-11-16(15-4-2-3-9-22-15)14(10-20)18(21)23-17(11)12-5-7-13(19)8-6-12/h2-9H,1H3,(H2,21,23). The zero-order valence-corrected chi connectivity index (χ0v) is 13.2. The summed E-state index contributed by atoms with van der Waals surface area (Å²) in [6.07, 6.45) is 1.69. The molecule has 0 aliphatic heterocycles. The van der Waals surface area contributed by atoms with Crippen LogP contribution in [0.25, 0.3) is 22.5 Å². The number of nitrogen functional groups attached to an aromatic ring is 1. The maximum absolute atomic E-state index is 9.47. The first kappa shape index (κ1) is 15.0. The van der Waals surface area contributed by atoms with E-state index >= 15 is 0 Å². The summed E-state index contributed by atoms with van der Waals surface area (Å²) in [5.74, 6) is 0.198. The summed E-state index contributed by atoms with van der Waals surface area (Å²) in [7, 11) is 0. The summed E-state index contributed by atoms with van der Waals surface area (Å²) >= 11 is 5.95. The largest absolute Gasteiger partial charge is 0.383 e. The van der Waals surface area contributed by atoms with Gasteiger partial charge in [-0.2, -0.15) is 5.26 Å². The van der Waals surface area contributed by atoms with Gasteiger partial charge in [-0.05, 0) is 36.8 Å². The third-order valence-corrected chi connectivity index (χ3v) is 3.87. The second kappa shape index (κ2) is 6.07. The Bertz CT molecular complexity index is 897. The van der Waals surface area contributed by atoms with E-state index in [4.69, 9.17) is 17.3 Å². The van der Waals surface area contributed by atoms with Gasteiger partial charge in [0, 0.05) is 22.3 Å². The predicted octanol–water partition coefficient (Wildman–Crippen LogP) is 4.23. The van der Waals surface area contributed by atoms with Crippen LogP contribution in [0.15, 0.2) is 48.7 Å². The van der Waals surface area contributed by atoms with Crippen LogP contribution in [0.5, 0.6) is 0 Å². The van der Waals surface area contributed by atoms with Crippen molar-refractivity contribution in [1.29, 1.82) is 5.26 Å². The molecule has 0 spiro atoms. The van der Waals surface area contributed by atoms with Gasteiger partial charge in [-0.1, -0.05) is 29.8 Å². The normalized spacial score (nSPS) is 10.3. The average molecular weight is 321 g/mol. The first-order valence-electron chi connectivity index (χ1n) is 6.99. The van der Waals surface area contributed by atoms with Crippen LogP contribution in [0.3, 0.4) is 0 Å². The lowest BCUT2D eigenvalue weighted by atomic mass is 9.95. The molecule has 112 valence electrons. The topological polar surface area (TPSA) is 75.6 Å². The van der Waals surface area contributed by atoms with Crippen LogP contribution in [-0.4, -0.2) is 9.97 Å². The Morgan fingerprint density at radius 3 is 2.48 bits per heavy atom. The number of aromatic nitrogens is 2. The van der Waals surface area contributed by atoms with Gasteiger partial charge in [0.15, 0.2) is 0 Å². The lowest BCUT2D eigenvalue weighted by Gasteiger charge is -2.14. The van der Waals surface area contributed by atoms with Crippen LogP contribution in [0, 0.1) is 18.3 Å². The number of hydrogen-bond acceptors (Lipinski definition) is 4. The zero-order chi connectivity index (χ0) is 16.4. The summed E-state index contributed by atoms with van der Waals surface area (Å²) in [6, 6.07) is 15.1. The summed E-state index contributed by atoms with van der Waals surface area (Å²) in [4.78, 5) is 8.77. The van der Waals surface area contributed by atoms with Gasteiger partial charge in [0.25, 0.3) is 0 Å². The highest BCUT2D eigenvalue weighted by Crippen LogP contribution is 2.34. The number of nitrogens with zero attached hydrogens (tertiary/aromatic N) is 3. The van der Waals surface area contributed by atoms with Gasteiger partial charge < -0.3 is 5.73 Å².